The predicted molar refractivity (Wildman–Crippen MR) is 117 cm³/mol. The van der Waals surface area contributed by atoms with Crippen LogP contribution in [0, 0.1) is 12.8 Å². The van der Waals surface area contributed by atoms with Crippen LogP contribution in [0.1, 0.15) is 60.6 Å². The fourth-order valence-electron chi connectivity index (χ4n) is 3.96. The number of fused-ring (bicyclic) bond motifs is 1. The number of carbonyl (C=O) groups excluding carboxylic acids is 1. The van der Waals surface area contributed by atoms with Gasteiger partial charge in [0.05, 0.1) is 12.1 Å². The lowest BCUT2D eigenvalue weighted by molar-refractivity contribution is 0.0912. The molecule has 29 heavy (non-hydrogen) atoms. The van der Waals surface area contributed by atoms with Crippen LogP contribution in [-0.4, -0.2) is 28.8 Å². The Balaban J connectivity index is 0.00000240. The molecular formula is C22H29ClN4O2. The minimum atomic E-state index is -0.207. The molecule has 1 aliphatic heterocycles. The highest BCUT2D eigenvalue weighted by molar-refractivity contribution is 5.92. The van der Waals surface area contributed by atoms with Crippen molar-refractivity contribution in [2.24, 2.45) is 5.92 Å². The molecule has 3 aromatic rings. The number of benzene rings is 1. The third-order valence-corrected chi connectivity index (χ3v) is 5.60. The Labute approximate surface area is 177 Å². The topological polar surface area (TPSA) is 72.1 Å². The Morgan fingerprint density at radius 1 is 1.31 bits per heavy atom. The van der Waals surface area contributed by atoms with Crippen LogP contribution in [-0.2, 0) is 0 Å². The van der Waals surface area contributed by atoms with E-state index in [9.17, 15) is 4.79 Å². The number of aromatic nitrogens is 2. The first-order chi connectivity index (χ1) is 13.5. The summed E-state index contributed by atoms with van der Waals surface area (Å²) in [5.41, 5.74) is 2.38. The van der Waals surface area contributed by atoms with E-state index < -0.39 is 0 Å². The Kier molecular flexibility index (Phi) is 6.65. The first-order valence-corrected chi connectivity index (χ1v) is 10.1. The van der Waals surface area contributed by atoms with Crippen LogP contribution in [0.3, 0.4) is 0 Å². The number of hydrogen-bond acceptors (Lipinski definition) is 4. The summed E-state index contributed by atoms with van der Waals surface area (Å²) in [4.78, 5) is 12.9. The van der Waals surface area contributed by atoms with E-state index in [-0.39, 0.29) is 30.3 Å². The van der Waals surface area contributed by atoms with Crippen LogP contribution in [0.5, 0.6) is 0 Å². The van der Waals surface area contributed by atoms with Gasteiger partial charge in [0, 0.05) is 23.7 Å². The molecule has 1 aromatic carbocycles. The minimum Gasteiger partial charge on any atom is -0.459 e. The summed E-state index contributed by atoms with van der Waals surface area (Å²) < 4.78 is 8.03. The third-order valence-electron chi connectivity index (χ3n) is 5.60. The number of rotatable bonds is 5. The lowest BCUT2D eigenvalue weighted by Crippen LogP contribution is -2.33. The second kappa shape index (κ2) is 9.01. The standard InChI is InChI=1S/C22H28N4O2.ClH/c1-14(2)20(21-15(3)17-8-4-5-9-19(17)28-21)24-22(27)18-10-12-26(25-18)16-7-6-11-23-13-16;/h4-5,8-10,12,14,16,20,23H,6-7,11,13H2,1-3H3,(H,24,27);1H. The summed E-state index contributed by atoms with van der Waals surface area (Å²) in [6, 6.07) is 9.89. The lowest BCUT2D eigenvalue weighted by Gasteiger charge is -2.23. The van der Waals surface area contributed by atoms with E-state index in [0.717, 1.165) is 48.2 Å². The maximum atomic E-state index is 12.9. The summed E-state index contributed by atoms with van der Waals surface area (Å²) in [5.74, 6) is 0.842. The van der Waals surface area contributed by atoms with E-state index in [2.05, 4.69) is 35.6 Å². The highest BCUT2D eigenvalue weighted by atomic mass is 35.5. The van der Waals surface area contributed by atoms with Gasteiger partial charge in [-0.05, 0) is 44.4 Å². The van der Waals surface area contributed by atoms with Gasteiger partial charge in [0.25, 0.3) is 5.91 Å². The molecule has 2 atom stereocenters. The Hall–Kier alpha value is -2.31. The average Bonchev–Trinajstić information content (AvgIpc) is 3.32. The second-order valence-corrected chi connectivity index (χ2v) is 7.96. The van der Waals surface area contributed by atoms with Crippen molar-refractivity contribution in [2.45, 2.75) is 45.7 Å². The van der Waals surface area contributed by atoms with E-state index in [1.807, 2.05) is 36.0 Å². The number of furan rings is 1. The zero-order valence-electron chi connectivity index (χ0n) is 17.1. The summed E-state index contributed by atoms with van der Waals surface area (Å²) >= 11 is 0. The van der Waals surface area contributed by atoms with Crippen LogP contribution in [0.4, 0.5) is 0 Å². The molecule has 0 radical (unpaired) electrons. The number of piperidine rings is 1. The maximum absolute atomic E-state index is 12.9. The molecular weight excluding hydrogens is 388 g/mol. The van der Waals surface area contributed by atoms with E-state index in [0.29, 0.717) is 11.7 Å². The molecule has 1 saturated heterocycles. The summed E-state index contributed by atoms with van der Waals surface area (Å²) in [6.45, 7) is 8.18. The number of carbonyl (C=O) groups is 1. The van der Waals surface area contributed by atoms with Crippen molar-refractivity contribution in [3.05, 3.63) is 53.5 Å². The summed E-state index contributed by atoms with van der Waals surface area (Å²) in [7, 11) is 0. The SMILES string of the molecule is Cc1c(C(NC(=O)c2ccn(C3CCCNC3)n2)C(C)C)oc2ccccc12.Cl. The van der Waals surface area contributed by atoms with Crippen molar-refractivity contribution >= 4 is 29.3 Å². The van der Waals surface area contributed by atoms with Crippen molar-refractivity contribution in [3.63, 3.8) is 0 Å². The molecule has 1 amide bonds. The van der Waals surface area contributed by atoms with Gasteiger partial charge in [-0.1, -0.05) is 32.0 Å². The highest BCUT2D eigenvalue weighted by Gasteiger charge is 2.26. The molecule has 0 bridgehead atoms. The van der Waals surface area contributed by atoms with Gasteiger partial charge in [0.2, 0.25) is 0 Å². The first-order valence-electron chi connectivity index (χ1n) is 10.1. The van der Waals surface area contributed by atoms with Gasteiger partial charge in [-0.25, -0.2) is 0 Å². The smallest absolute Gasteiger partial charge is 0.272 e. The Morgan fingerprint density at radius 2 is 2.10 bits per heavy atom. The number of nitrogens with zero attached hydrogens (tertiary/aromatic N) is 2. The van der Waals surface area contributed by atoms with Crippen LogP contribution in [0.25, 0.3) is 11.0 Å². The fraction of sp³-hybridized carbons (Fsp3) is 0.455. The third kappa shape index (κ3) is 4.33. The molecule has 0 aliphatic carbocycles. The fourth-order valence-corrected chi connectivity index (χ4v) is 3.96. The van der Waals surface area contributed by atoms with Gasteiger partial charge < -0.3 is 15.1 Å². The van der Waals surface area contributed by atoms with Gasteiger partial charge in [-0.2, -0.15) is 5.10 Å². The van der Waals surface area contributed by atoms with Crippen molar-refractivity contribution in [1.82, 2.24) is 20.4 Å². The predicted octanol–water partition coefficient (Wildman–Crippen LogP) is 4.41. The molecule has 6 nitrogen and oxygen atoms in total. The summed E-state index contributed by atoms with van der Waals surface area (Å²) in [6.07, 6.45) is 4.12. The summed E-state index contributed by atoms with van der Waals surface area (Å²) in [5, 5.41) is 12.2. The normalized spacial score (nSPS) is 17.9. The Morgan fingerprint density at radius 3 is 2.79 bits per heavy atom. The minimum absolute atomic E-state index is 0. The molecule has 1 aliphatic rings. The van der Waals surface area contributed by atoms with Gasteiger partial charge in [-0.15, -0.1) is 12.4 Å². The van der Waals surface area contributed by atoms with Crippen LogP contribution >= 0.6 is 12.4 Å². The Bertz CT molecular complexity index is 972. The van der Waals surface area contributed by atoms with Crippen LogP contribution in [0.15, 0.2) is 40.9 Å². The maximum Gasteiger partial charge on any atom is 0.272 e. The zero-order valence-corrected chi connectivity index (χ0v) is 18.0. The van der Waals surface area contributed by atoms with E-state index in [1.54, 1.807) is 6.07 Å². The highest BCUT2D eigenvalue weighted by Crippen LogP contribution is 2.33. The molecule has 7 heteroatoms. The largest absolute Gasteiger partial charge is 0.459 e. The number of amides is 1. The zero-order chi connectivity index (χ0) is 19.7. The van der Waals surface area contributed by atoms with E-state index in [4.69, 9.17) is 4.42 Å². The van der Waals surface area contributed by atoms with E-state index >= 15 is 0 Å². The molecule has 2 unspecified atom stereocenters. The number of hydrogen-bond donors (Lipinski definition) is 2. The molecule has 4 rings (SSSR count). The number of halogens is 1. The first kappa shape index (κ1) is 21.4. The molecule has 0 saturated carbocycles. The van der Waals surface area contributed by atoms with Crippen LogP contribution < -0.4 is 10.6 Å². The molecule has 2 N–H and O–H groups in total. The van der Waals surface area contributed by atoms with Crippen molar-refractivity contribution in [3.8, 4) is 0 Å². The molecule has 2 aromatic heterocycles. The lowest BCUT2D eigenvalue weighted by atomic mass is 9.98. The molecule has 156 valence electrons. The van der Waals surface area contributed by atoms with Crippen molar-refractivity contribution in [2.75, 3.05) is 13.1 Å². The second-order valence-electron chi connectivity index (χ2n) is 7.96. The monoisotopic (exact) mass is 416 g/mol. The quantitative estimate of drug-likeness (QED) is 0.646. The van der Waals surface area contributed by atoms with Crippen molar-refractivity contribution < 1.29 is 9.21 Å². The average molecular weight is 417 g/mol. The number of aryl methyl sites for hydroxylation is 1. The number of nitrogens with one attached hydrogen (secondary N) is 2. The molecule has 3 heterocycles. The van der Waals surface area contributed by atoms with Crippen LogP contribution in [0.2, 0.25) is 0 Å². The molecule has 1 fully saturated rings. The van der Waals surface area contributed by atoms with E-state index in [1.165, 1.54) is 0 Å². The van der Waals surface area contributed by atoms with Gasteiger partial charge >= 0.3 is 0 Å². The molecule has 0 spiro atoms. The van der Waals surface area contributed by atoms with Gasteiger partial charge in [-0.3, -0.25) is 9.48 Å². The van der Waals surface area contributed by atoms with Gasteiger partial charge in [0.15, 0.2) is 0 Å². The van der Waals surface area contributed by atoms with Gasteiger partial charge in [0.1, 0.15) is 17.0 Å². The number of para-hydroxylation sites is 1. The van der Waals surface area contributed by atoms with Crippen molar-refractivity contribution in [1.29, 1.82) is 0 Å².